The molecule has 3 aromatic rings. The zero-order valence-corrected chi connectivity index (χ0v) is 14.5. The number of ether oxygens (including phenoxy) is 1. The summed E-state index contributed by atoms with van der Waals surface area (Å²) >= 11 is 0. The summed E-state index contributed by atoms with van der Waals surface area (Å²) in [5.74, 6) is 0.482. The lowest BCUT2D eigenvalue weighted by Gasteiger charge is -2.06. The molecule has 1 N–H and O–H groups in total. The number of nitriles is 1. The number of hydrogen-bond donors (Lipinski definition) is 1. The first-order valence-corrected chi connectivity index (χ1v) is 8.34. The normalized spacial score (nSPS) is 10.3. The van der Waals surface area contributed by atoms with Gasteiger partial charge in [0.25, 0.3) is 0 Å². The lowest BCUT2D eigenvalue weighted by molar-refractivity contribution is -0.111. The van der Waals surface area contributed by atoms with Gasteiger partial charge in [-0.25, -0.2) is 0 Å². The van der Waals surface area contributed by atoms with Crippen molar-refractivity contribution in [1.29, 1.82) is 5.26 Å². The van der Waals surface area contributed by atoms with E-state index in [1.54, 1.807) is 42.7 Å². The SMILES string of the molecule is N#Cc1cccc(NC(=O)/C=C/c2ccc(OCc3cccnc3)cc2)c1. The van der Waals surface area contributed by atoms with Gasteiger partial charge in [0, 0.05) is 29.7 Å². The Labute approximate surface area is 157 Å². The minimum atomic E-state index is -0.262. The molecule has 0 unspecified atom stereocenters. The van der Waals surface area contributed by atoms with Crippen molar-refractivity contribution in [3.8, 4) is 11.8 Å². The first-order valence-electron chi connectivity index (χ1n) is 8.34. The third kappa shape index (κ3) is 5.55. The summed E-state index contributed by atoms with van der Waals surface area (Å²) in [6.45, 7) is 0.452. The maximum atomic E-state index is 12.0. The van der Waals surface area contributed by atoms with Crippen LogP contribution in [0.5, 0.6) is 5.75 Å². The summed E-state index contributed by atoms with van der Waals surface area (Å²) in [4.78, 5) is 16.0. The zero-order valence-electron chi connectivity index (χ0n) is 14.5. The van der Waals surface area contributed by atoms with E-state index in [-0.39, 0.29) is 5.91 Å². The topological polar surface area (TPSA) is 75.0 Å². The minimum Gasteiger partial charge on any atom is -0.489 e. The third-order valence-electron chi connectivity index (χ3n) is 3.69. The van der Waals surface area contributed by atoms with Crippen molar-refractivity contribution in [3.05, 3.63) is 95.8 Å². The number of carbonyl (C=O) groups excluding carboxylic acids is 1. The van der Waals surface area contributed by atoms with Crippen LogP contribution >= 0.6 is 0 Å². The fourth-order valence-corrected chi connectivity index (χ4v) is 2.35. The fourth-order valence-electron chi connectivity index (χ4n) is 2.35. The molecule has 132 valence electrons. The predicted octanol–water partition coefficient (Wildman–Crippen LogP) is 4.18. The van der Waals surface area contributed by atoms with Crippen LogP contribution in [-0.2, 0) is 11.4 Å². The Morgan fingerprint density at radius 1 is 1.15 bits per heavy atom. The molecule has 3 rings (SSSR count). The molecule has 0 bridgehead atoms. The molecule has 0 spiro atoms. The van der Waals surface area contributed by atoms with E-state index >= 15 is 0 Å². The van der Waals surface area contributed by atoms with Gasteiger partial charge >= 0.3 is 0 Å². The standard InChI is InChI=1S/C22H17N3O2/c23-14-18-3-1-5-20(13-18)25-22(26)11-8-17-6-9-21(10-7-17)27-16-19-4-2-12-24-15-19/h1-13,15H,16H2,(H,25,26)/b11-8+. The number of hydrogen-bond acceptors (Lipinski definition) is 4. The molecule has 0 saturated carbocycles. The molecule has 27 heavy (non-hydrogen) atoms. The van der Waals surface area contributed by atoms with E-state index in [9.17, 15) is 4.79 Å². The van der Waals surface area contributed by atoms with Gasteiger partial charge in [0.1, 0.15) is 12.4 Å². The van der Waals surface area contributed by atoms with E-state index < -0.39 is 0 Å². The van der Waals surface area contributed by atoms with Crippen LogP contribution in [0.15, 0.2) is 79.1 Å². The molecule has 0 aliphatic rings. The van der Waals surface area contributed by atoms with Crippen LogP contribution in [0.4, 0.5) is 5.69 Å². The van der Waals surface area contributed by atoms with Crippen molar-refractivity contribution >= 4 is 17.7 Å². The number of pyridine rings is 1. The average Bonchev–Trinajstić information content (AvgIpc) is 2.72. The second-order valence-electron chi connectivity index (χ2n) is 5.73. The number of rotatable bonds is 6. The Morgan fingerprint density at radius 3 is 2.74 bits per heavy atom. The minimum absolute atomic E-state index is 0.262. The van der Waals surface area contributed by atoms with Gasteiger partial charge in [0.2, 0.25) is 5.91 Å². The van der Waals surface area contributed by atoms with Crippen LogP contribution in [0.3, 0.4) is 0 Å². The van der Waals surface area contributed by atoms with Crippen LogP contribution in [0.1, 0.15) is 16.7 Å². The molecule has 1 aromatic heterocycles. The number of amides is 1. The van der Waals surface area contributed by atoms with Crippen molar-refractivity contribution in [2.45, 2.75) is 6.61 Å². The molecule has 5 heteroatoms. The highest BCUT2D eigenvalue weighted by molar-refractivity contribution is 6.02. The van der Waals surface area contributed by atoms with Crippen LogP contribution in [0.2, 0.25) is 0 Å². The van der Waals surface area contributed by atoms with Gasteiger partial charge in [-0.05, 0) is 48.0 Å². The number of nitrogens with zero attached hydrogens (tertiary/aromatic N) is 2. The number of anilines is 1. The van der Waals surface area contributed by atoms with Gasteiger partial charge in [-0.15, -0.1) is 0 Å². The number of benzene rings is 2. The van der Waals surface area contributed by atoms with Gasteiger partial charge in [-0.3, -0.25) is 9.78 Å². The quantitative estimate of drug-likeness (QED) is 0.673. The van der Waals surface area contributed by atoms with Crippen molar-refractivity contribution in [3.63, 3.8) is 0 Å². The number of carbonyl (C=O) groups is 1. The molecule has 0 aliphatic heterocycles. The highest BCUT2D eigenvalue weighted by Gasteiger charge is 2.00. The summed E-state index contributed by atoms with van der Waals surface area (Å²) < 4.78 is 5.70. The van der Waals surface area contributed by atoms with Gasteiger partial charge in [0.05, 0.1) is 11.6 Å². The molecule has 0 fully saturated rings. The maximum absolute atomic E-state index is 12.0. The van der Waals surface area contributed by atoms with E-state index in [4.69, 9.17) is 10.00 Å². The van der Waals surface area contributed by atoms with E-state index in [1.807, 2.05) is 42.5 Å². The zero-order chi connectivity index (χ0) is 18.9. The molecule has 2 aromatic carbocycles. The van der Waals surface area contributed by atoms with Crippen LogP contribution in [-0.4, -0.2) is 10.9 Å². The Balaban J connectivity index is 1.54. The summed E-state index contributed by atoms with van der Waals surface area (Å²) in [6, 6.07) is 20.1. The average molecular weight is 355 g/mol. The third-order valence-corrected chi connectivity index (χ3v) is 3.69. The Kier molecular flexibility index (Phi) is 5.95. The smallest absolute Gasteiger partial charge is 0.248 e. The van der Waals surface area contributed by atoms with Crippen LogP contribution in [0.25, 0.3) is 6.08 Å². The van der Waals surface area contributed by atoms with Crippen molar-refractivity contribution < 1.29 is 9.53 Å². The molecule has 1 amide bonds. The predicted molar refractivity (Wildman–Crippen MR) is 104 cm³/mol. The van der Waals surface area contributed by atoms with E-state index in [0.717, 1.165) is 16.9 Å². The second kappa shape index (κ2) is 8.97. The van der Waals surface area contributed by atoms with E-state index in [0.29, 0.717) is 17.9 Å². The summed E-state index contributed by atoms with van der Waals surface area (Å²) in [5, 5.41) is 11.6. The monoisotopic (exact) mass is 355 g/mol. The number of nitrogens with one attached hydrogen (secondary N) is 1. The maximum Gasteiger partial charge on any atom is 0.248 e. The van der Waals surface area contributed by atoms with Gasteiger partial charge in [-0.2, -0.15) is 5.26 Å². The van der Waals surface area contributed by atoms with E-state index in [2.05, 4.69) is 10.3 Å². The van der Waals surface area contributed by atoms with E-state index in [1.165, 1.54) is 6.08 Å². The van der Waals surface area contributed by atoms with Gasteiger partial charge in [-0.1, -0.05) is 24.3 Å². The van der Waals surface area contributed by atoms with Crippen molar-refractivity contribution in [1.82, 2.24) is 4.98 Å². The summed E-state index contributed by atoms with van der Waals surface area (Å²) in [7, 11) is 0. The largest absolute Gasteiger partial charge is 0.489 e. The highest BCUT2D eigenvalue weighted by Crippen LogP contribution is 2.15. The highest BCUT2D eigenvalue weighted by atomic mass is 16.5. The molecule has 5 nitrogen and oxygen atoms in total. The Hall–Kier alpha value is -3.91. The van der Waals surface area contributed by atoms with Crippen LogP contribution in [0, 0.1) is 11.3 Å². The lowest BCUT2D eigenvalue weighted by atomic mass is 10.2. The Bertz CT molecular complexity index is 974. The van der Waals surface area contributed by atoms with Crippen molar-refractivity contribution in [2.24, 2.45) is 0 Å². The molecule has 0 atom stereocenters. The summed E-state index contributed by atoms with van der Waals surface area (Å²) in [5.41, 5.74) is 2.96. The lowest BCUT2D eigenvalue weighted by Crippen LogP contribution is -2.07. The van der Waals surface area contributed by atoms with Crippen LogP contribution < -0.4 is 10.1 Å². The summed E-state index contributed by atoms with van der Waals surface area (Å²) in [6.07, 6.45) is 6.65. The molecule has 0 saturated heterocycles. The van der Waals surface area contributed by atoms with Gasteiger partial charge in [0.15, 0.2) is 0 Å². The Morgan fingerprint density at radius 2 is 2.00 bits per heavy atom. The number of aromatic nitrogens is 1. The van der Waals surface area contributed by atoms with Gasteiger partial charge < -0.3 is 10.1 Å². The first kappa shape index (κ1) is 17.9. The van der Waals surface area contributed by atoms with Crippen molar-refractivity contribution in [2.75, 3.05) is 5.32 Å². The molecular formula is C22H17N3O2. The second-order valence-corrected chi connectivity index (χ2v) is 5.73. The fraction of sp³-hybridized carbons (Fsp3) is 0.0455. The molecule has 0 aliphatic carbocycles. The first-order chi connectivity index (χ1) is 13.2. The molecule has 0 radical (unpaired) electrons. The molecule has 1 heterocycles. The molecular weight excluding hydrogens is 338 g/mol.